The first-order valence-corrected chi connectivity index (χ1v) is 7.27. The molecule has 0 fully saturated rings. The van der Waals surface area contributed by atoms with Crippen molar-refractivity contribution in [2.45, 2.75) is 19.4 Å². The largest absolute Gasteiger partial charge is 0.497 e. The minimum absolute atomic E-state index is 0.202. The monoisotopic (exact) mass is 303 g/mol. The number of thioether (sulfide) groups is 1. The molecule has 90 valence electrons. The third-order valence-corrected chi connectivity index (χ3v) is 4.12. The Hall–Kier alpha value is -0.190. The van der Waals surface area contributed by atoms with Crippen LogP contribution in [0.2, 0.25) is 0 Å². The van der Waals surface area contributed by atoms with Gasteiger partial charge < -0.3 is 10.5 Å². The van der Waals surface area contributed by atoms with Crippen LogP contribution in [0, 0.1) is 0 Å². The zero-order valence-electron chi connectivity index (χ0n) is 9.70. The van der Waals surface area contributed by atoms with Crippen molar-refractivity contribution in [3.05, 3.63) is 28.2 Å². The Bertz CT molecular complexity index is 333. The van der Waals surface area contributed by atoms with Gasteiger partial charge in [0.05, 0.1) is 7.11 Å². The van der Waals surface area contributed by atoms with Gasteiger partial charge in [-0.05, 0) is 35.9 Å². The lowest BCUT2D eigenvalue weighted by molar-refractivity contribution is 0.414. The highest BCUT2D eigenvalue weighted by Crippen LogP contribution is 2.23. The molecule has 1 aromatic carbocycles. The topological polar surface area (TPSA) is 35.2 Å². The molecule has 16 heavy (non-hydrogen) atoms. The van der Waals surface area contributed by atoms with E-state index in [0.29, 0.717) is 0 Å². The number of hydrogen-bond donors (Lipinski definition) is 1. The molecule has 1 atom stereocenters. The van der Waals surface area contributed by atoms with Crippen molar-refractivity contribution in [2.75, 3.05) is 18.6 Å². The molecule has 2 nitrogen and oxygen atoms in total. The Morgan fingerprint density at radius 3 is 2.88 bits per heavy atom. The fourth-order valence-corrected chi connectivity index (χ4v) is 2.51. The number of benzene rings is 1. The van der Waals surface area contributed by atoms with Crippen LogP contribution in [0.25, 0.3) is 0 Å². The lowest BCUT2D eigenvalue weighted by Gasteiger charge is -2.13. The number of methoxy groups -OCH3 is 1. The third-order valence-electron chi connectivity index (χ3n) is 2.27. The summed E-state index contributed by atoms with van der Waals surface area (Å²) in [7, 11) is 1.68. The quantitative estimate of drug-likeness (QED) is 0.877. The highest BCUT2D eigenvalue weighted by atomic mass is 79.9. The summed E-state index contributed by atoms with van der Waals surface area (Å²) >= 11 is 5.42. The summed E-state index contributed by atoms with van der Waals surface area (Å²) in [5.74, 6) is 3.00. The van der Waals surface area contributed by atoms with Crippen LogP contribution >= 0.6 is 27.7 Å². The van der Waals surface area contributed by atoms with E-state index >= 15 is 0 Å². The van der Waals surface area contributed by atoms with E-state index in [1.807, 2.05) is 30.0 Å². The van der Waals surface area contributed by atoms with Crippen LogP contribution in [0.3, 0.4) is 0 Å². The number of hydrogen-bond acceptors (Lipinski definition) is 3. The standard InChI is InChI=1S/C12H18BrNOS/c1-3-16-8-10(14)6-9-7-11(15-2)4-5-12(9)13/h4-5,7,10H,3,6,8,14H2,1-2H3. The van der Waals surface area contributed by atoms with Gasteiger partial charge in [0.15, 0.2) is 0 Å². The van der Waals surface area contributed by atoms with Crippen LogP contribution in [-0.2, 0) is 6.42 Å². The maximum Gasteiger partial charge on any atom is 0.119 e. The Labute approximate surface area is 110 Å². The second kappa shape index (κ2) is 7.20. The van der Waals surface area contributed by atoms with E-state index in [0.717, 1.165) is 28.1 Å². The molecule has 0 heterocycles. The average molecular weight is 304 g/mol. The van der Waals surface area contributed by atoms with Gasteiger partial charge >= 0.3 is 0 Å². The number of ether oxygens (including phenoxy) is 1. The Morgan fingerprint density at radius 1 is 1.50 bits per heavy atom. The minimum Gasteiger partial charge on any atom is -0.497 e. The number of rotatable bonds is 6. The van der Waals surface area contributed by atoms with Crippen LogP contribution < -0.4 is 10.5 Å². The molecule has 4 heteroatoms. The molecule has 1 aromatic rings. The molecule has 0 radical (unpaired) electrons. The maximum absolute atomic E-state index is 6.07. The highest BCUT2D eigenvalue weighted by Gasteiger charge is 2.08. The number of nitrogens with two attached hydrogens (primary N) is 1. The molecule has 1 rings (SSSR count). The molecule has 2 N–H and O–H groups in total. The Morgan fingerprint density at radius 2 is 2.25 bits per heavy atom. The predicted molar refractivity (Wildman–Crippen MR) is 75.4 cm³/mol. The van der Waals surface area contributed by atoms with Crippen LogP contribution in [0.15, 0.2) is 22.7 Å². The van der Waals surface area contributed by atoms with E-state index in [-0.39, 0.29) is 6.04 Å². The smallest absolute Gasteiger partial charge is 0.119 e. The molecular formula is C12H18BrNOS. The molecule has 0 aliphatic carbocycles. The first-order valence-electron chi connectivity index (χ1n) is 5.33. The molecule has 0 saturated heterocycles. The maximum atomic E-state index is 6.07. The van der Waals surface area contributed by atoms with Crippen molar-refractivity contribution in [2.24, 2.45) is 5.73 Å². The molecule has 1 unspecified atom stereocenters. The zero-order chi connectivity index (χ0) is 12.0. The molecule has 0 amide bonds. The van der Waals surface area contributed by atoms with Crippen molar-refractivity contribution in [1.82, 2.24) is 0 Å². The normalized spacial score (nSPS) is 12.5. The van der Waals surface area contributed by atoms with Crippen LogP contribution in [0.5, 0.6) is 5.75 Å². The van der Waals surface area contributed by atoms with E-state index in [9.17, 15) is 0 Å². The summed E-state index contributed by atoms with van der Waals surface area (Å²) in [5, 5.41) is 0. The summed E-state index contributed by atoms with van der Waals surface area (Å²) in [6.45, 7) is 2.15. The summed E-state index contributed by atoms with van der Waals surface area (Å²) in [6, 6.07) is 6.20. The third kappa shape index (κ3) is 4.36. The van der Waals surface area contributed by atoms with Crippen LogP contribution in [0.4, 0.5) is 0 Å². The predicted octanol–water partition coefficient (Wildman–Crippen LogP) is 3.08. The van der Waals surface area contributed by atoms with Gasteiger partial charge in [-0.3, -0.25) is 0 Å². The van der Waals surface area contributed by atoms with Gasteiger partial charge in [-0.25, -0.2) is 0 Å². The zero-order valence-corrected chi connectivity index (χ0v) is 12.1. The van der Waals surface area contributed by atoms with Crippen molar-refractivity contribution in [3.63, 3.8) is 0 Å². The molecule has 0 aromatic heterocycles. The van der Waals surface area contributed by atoms with Gasteiger partial charge in [-0.2, -0.15) is 11.8 Å². The van der Waals surface area contributed by atoms with Gasteiger partial charge in [0.2, 0.25) is 0 Å². The Balaban J connectivity index is 2.64. The van der Waals surface area contributed by atoms with Crippen LogP contribution in [0.1, 0.15) is 12.5 Å². The van der Waals surface area contributed by atoms with Crippen molar-refractivity contribution < 1.29 is 4.74 Å². The fraction of sp³-hybridized carbons (Fsp3) is 0.500. The van der Waals surface area contributed by atoms with Gasteiger partial charge in [0, 0.05) is 16.3 Å². The van der Waals surface area contributed by atoms with E-state index in [1.54, 1.807) is 7.11 Å². The summed E-state index contributed by atoms with van der Waals surface area (Å²) in [4.78, 5) is 0. The average Bonchev–Trinajstić information content (AvgIpc) is 2.29. The summed E-state index contributed by atoms with van der Waals surface area (Å²) in [6.07, 6.45) is 0.880. The molecular weight excluding hydrogens is 286 g/mol. The van der Waals surface area contributed by atoms with E-state index in [1.165, 1.54) is 5.56 Å². The summed E-state index contributed by atoms with van der Waals surface area (Å²) < 4.78 is 6.31. The molecule has 0 spiro atoms. The van der Waals surface area contributed by atoms with Gasteiger partial charge in [0.1, 0.15) is 5.75 Å². The van der Waals surface area contributed by atoms with E-state index in [4.69, 9.17) is 10.5 Å². The SMILES string of the molecule is CCSCC(N)Cc1cc(OC)ccc1Br. The second-order valence-corrected chi connectivity index (χ2v) is 5.75. The summed E-state index contributed by atoms with van der Waals surface area (Å²) in [5.41, 5.74) is 7.28. The van der Waals surface area contributed by atoms with Crippen LogP contribution in [-0.4, -0.2) is 24.7 Å². The lowest BCUT2D eigenvalue weighted by atomic mass is 10.1. The molecule has 0 aliphatic heterocycles. The van der Waals surface area contributed by atoms with Gasteiger partial charge in [-0.1, -0.05) is 22.9 Å². The second-order valence-electron chi connectivity index (χ2n) is 3.58. The first-order chi connectivity index (χ1) is 7.67. The lowest BCUT2D eigenvalue weighted by Crippen LogP contribution is -2.25. The highest BCUT2D eigenvalue weighted by molar-refractivity contribution is 9.10. The molecule has 0 aliphatic rings. The molecule has 0 saturated carbocycles. The van der Waals surface area contributed by atoms with Crippen molar-refractivity contribution in [1.29, 1.82) is 0 Å². The Kier molecular flexibility index (Phi) is 6.24. The van der Waals surface area contributed by atoms with E-state index in [2.05, 4.69) is 22.9 Å². The first kappa shape index (κ1) is 13.9. The fourth-order valence-electron chi connectivity index (χ4n) is 1.45. The van der Waals surface area contributed by atoms with Gasteiger partial charge in [-0.15, -0.1) is 0 Å². The van der Waals surface area contributed by atoms with Gasteiger partial charge in [0.25, 0.3) is 0 Å². The van der Waals surface area contributed by atoms with Crippen molar-refractivity contribution in [3.8, 4) is 5.75 Å². The van der Waals surface area contributed by atoms with E-state index < -0.39 is 0 Å². The van der Waals surface area contributed by atoms with Crippen molar-refractivity contribution >= 4 is 27.7 Å². The molecule has 0 bridgehead atoms. The minimum atomic E-state index is 0.202. The number of halogens is 1.